The van der Waals surface area contributed by atoms with Crippen molar-refractivity contribution in [1.82, 2.24) is 40.0 Å². The van der Waals surface area contributed by atoms with Crippen LogP contribution in [0.15, 0.2) is 53.7 Å². The maximum atomic E-state index is 12.6. The van der Waals surface area contributed by atoms with E-state index in [1.807, 2.05) is 38.2 Å². The number of H-pyrrole nitrogens is 1. The average molecular weight is 429 g/mol. The molecule has 1 aromatic carbocycles. The van der Waals surface area contributed by atoms with E-state index in [9.17, 15) is 4.79 Å². The summed E-state index contributed by atoms with van der Waals surface area (Å²) >= 11 is 0. The Balaban J connectivity index is 1.33. The van der Waals surface area contributed by atoms with Crippen LogP contribution in [0.5, 0.6) is 0 Å². The summed E-state index contributed by atoms with van der Waals surface area (Å²) in [6, 6.07) is 7.55. The lowest BCUT2D eigenvalue weighted by Crippen LogP contribution is -2.23. The Hall–Kier alpha value is -4.54. The molecule has 0 aliphatic carbocycles. The monoisotopic (exact) mass is 429 g/mol. The largest absolute Gasteiger partial charge is 0.440 e. The van der Waals surface area contributed by atoms with Gasteiger partial charge in [0.1, 0.15) is 23.5 Å². The summed E-state index contributed by atoms with van der Waals surface area (Å²) < 4.78 is 7.09. The number of anilines is 2. The van der Waals surface area contributed by atoms with E-state index >= 15 is 0 Å². The maximum absolute atomic E-state index is 12.6. The minimum Gasteiger partial charge on any atom is -0.440 e. The number of aromatic nitrogens is 7. The number of carbonyl (C=O) groups is 1. The van der Waals surface area contributed by atoms with Crippen LogP contribution in [-0.2, 0) is 13.6 Å². The molecule has 160 valence electrons. The number of nitrogens with one attached hydrogen (secondary N) is 3. The molecule has 0 atom stereocenters. The van der Waals surface area contributed by atoms with E-state index in [1.165, 1.54) is 6.26 Å². The summed E-state index contributed by atoms with van der Waals surface area (Å²) in [5.74, 6) is 0.652. The number of hydrogen-bond donors (Lipinski definition) is 3. The zero-order chi connectivity index (χ0) is 22.1. The Kier molecular flexibility index (Phi) is 4.82. The van der Waals surface area contributed by atoms with E-state index in [-0.39, 0.29) is 5.89 Å². The van der Waals surface area contributed by atoms with Gasteiger partial charge in [0.05, 0.1) is 23.6 Å². The highest BCUT2D eigenvalue weighted by Gasteiger charge is 2.17. The number of amides is 1. The number of para-hydroxylation sites is 1. The van der Waals surface area contributed by atoms with Gasteiger partial charge in [-0.1, -0.05) is 12.1 Å². The van der Waals surface area contributed by atoms with Crippen molar-refractivity contribution >= 4 is 28.7 Å². The van der Waals surface area contributed by atoms with Crippen molar-refractivity contribution in [3.05, 3.63) is 66.3 Å². The first kappa shape index (κ1) is 19.4. The fourth-order valence-corrected chi connectivity index (χ4v) is 3.28. The zero-order valence-corrected chi connectivity index (χ0v) is 17.3. The minimum absolute atomic E-state index is 0.0478. The molecule has 11 heteroatoms. The molecule has 5 aromatic rings. The molecular weight excluding hydrogens is 410 g/mol. The number of carbonyl (C=O) groups excluding carboxylic acids is 1. The molecule has 0 spiro atoms. The Morgan fingerprint density at radius 3 is 2.97 bits per heavy atom. The van der Waals surface area contributed by atoms with E-state index in [2.05, 4.69) is 40.7 Å². The van der Waals surface area contributed by atoms with Crippen molar-refractivity contribution in [3.63, 3.8) is 0 Å². The molecule has 4 heterocycles. The molecule has 3 N–H and O–H groups in total. The predicted octanol–water partition coefficient (Wildman–Crippen LogP) is 2.72. The van der Waals surface area contributed by atoms with Crippen molar-refractivity contribution in [2.24, 2.45) is 7.05 Å². The lowest BCUT2D eigenvalue weighted by molar-refractivity contribution is 0.0916. The molecule has 4 aromatic heterocycles. The van der Waals surface area contributed by atoms with Crippen LogP contribution in [-0.4, -0.2) is 40.6 Å². The smallest absolute Gasteiger partial charge is 0.307 e. The number of benzene rings is 1. The van der Waals surface area contributed by atoms with Crippen molar-refractivity contribution in [3.8, 4) is 11.4 Å². The summed E-state index contributed by atoms with van der Waals surface area (Å²) in [4.78, 5) is 33.1. The van der Waals surface area contributed by atoms with Gasteiger partial charge in [0.15, 0.2) is 0 Å². The lowest BCUT2D eigenvalue weighted by Gasteiger charge is -2.07. The van der Waals surface area contributed by atoms with Crippen LogP contribution in [0.25, 0.3) is 22.4 Å². The molecule has 0 saturated heterocycles. The maximum Gasteiger partial charge on any atom is 0.307 e. The molecule has 0 saturated carbocycles. The van der Waals surface area contributed by atoms with Gasteiger partial charge in [-0.25, -0.2) is 19.9 Å². The third-order valence-electron chi connectivity index (χ3n) is 4.95. The van der Waals surface area contributed by atoms with Gasteiger partial charge in [-0.2, -0.15) is 5.10 Å². The summed E-state index contributed by atoms with van der Waals surface area (Å²) in [5.41, 5.74) is 4.41. The van der Waals surface area contributed by atoms with Gasteiger partial charge in [-0.05, 0) is 24.1 Å². The first-order valence-electron chi connectivity index (χ1n) is 9.82. The van der Waals surface area contributed by atoms with E-state index in [4.69, 9.17) is 4.42 Å². The summed E-state index contributed by atoms with van der Waals surface area (Å²) in [6.45, 7) is 2.16. The molecule has 32 heavy (non-hydrogen) atoms. The molecular formula is C21H19N9O2. The third kappa shape index (κ3) is 3.67. The number of fused-ring (bicyclic) bond motifs is 1. The number of aromatic amines is 1. The lowest BCUT2D eigenvalue weighted by atomic mass is 10.2. The Labute approximate surface area is 181 Å². The molecule has 0 unspecified atom stereocenters. The minimum atomic E-state index is -0.427. The van der Waals surface area contributed by atoms with Crippen LogP contribution < -0.4 is 10.6 Å². The van der Waals surface area contributed by atoms with Crippen molar-refractivity contribution < 1.29 is 9.21 Å². The highest BCUT2D eigenvalue weighted by atomic mass is 16.4. The molecule has 0 radical (unpaired) electrons. The fourth-order valence-electron chi connectivity index (χ4n) is 3.28. The number of aryl methyl sites for hydroxylation is 2. The highest BCUT2D eigenvalue weighted by molar-refractivity contribution is 5.90. The molecule has 0 aliphatic rings. The Morgan fingerprint density at radius 2 is 2.12 bits per heavy atom. The zero-order valence-electron chi connectivity index (χ0n) is 17.3. The summed E-state index contributed by atoms with van der Waals surface area (Å²) in [6.07, 6.45) is 6.39. The molecule has 0 bridgehead atoms. The van der Waals surface area contributed by atoms with Crippen LogP contribution in [0.2, 0.25) is 0 Å². The van der Waals surface area contributed by atoms with Crippen LogP contribution in [0.1, 0.15) is 21.8 Å². The summed E-state index contributed by atoms with van der Waals surface area (Å²) in [5, 5.41) is 10.0. The first-order valence-corrected chi connectivity index (χ1v) is 9.82. The second kappa shape index (κ2) is 7.95. The van der Waals surface area contributed by atoms with Crippen LogP contribution in [0.4, 0.5) is 11.8 Å². The van der Waals surface area contributed by atoms with Crippen molar-refractivity contribution in [2.75, 3.05) is 5.32 Å². The Morgan fingerprint density at radius 1 is 1.22 bits per heavy atom. The van der Waals surface area contributed by atoms with Gasteiger partial charge in [0.25, 0.3) is 5.89 Å². The molecule has 0 fully saturated rings. The van der Waals surface area contributed by atoms with Gasteiger partial charge < -0.3 is 20.0 Å². The van der Waals surface area contributed by atoms with E-state index < -0.39 is 5.91 Å². The second-order valence-electron chi connectivity index (χ2n) is 7.13. The van der Waals surface area contributed by atoms with Crippen LogP contribution in [0, 0.1) is 6.92 Å². The Bertz CT molecular complexity index is 1420. The first-order chi connectivity index (χ1) is 15.6. The quantitative estimate of drug-likeness (QED) is 0.374. The topological polar surface area (TPSA) is 139 Å². The summed E-state index contributed by atoms with van der Waals surface area (Å²) in [7, 11) is 1.81. The predicted molar refractivity (Wildman–Crippen MR) is 116 cm³/mol. The van der Waals surface area contributed by atoms with Gasteiger partial charge in [-0.15, -0.1) is 0 Å². The van der Waals surface area contributed by atoms with E-state index in [0.29, 0.717) is 23.9 Å². The average Bonchev–Trinajstić information content (AvgIpc) is 3.55. The number of rotatable bonds is 6. The molecule has 11 nitrogen and oxygen atoms in total. The molecule has 1 amide bonds. The number of hydrogen-bond acceptors (Lipinski definition) is 8. The third-order valence-corrected chi connectivity index (χ3v) is 4.95. The number of nitrogens with zero attached hydrogens (tertiary/aromatic N) is 6. The van der Waals surface area contributed by atoms with Gasteiger partial charge in [-0.3, -0.25) is 9.48 Å². The molecule has 5 rings (SSSR count). The van der Waals surface area contributed by atoms with E-state index in [0.717, 1.165) is 28.0 Å². The fraction of sp³-hybridized carbons (Fsp3) is 0.143. The van der Waals surface area contributed by atoms with Crippen molar-refractivity contribution in [1.29, 1.82) is 0 Å². The van der Waals surface area contributed by atoms with Gasteiger partial charge in [0.2, 0.25) is 5.95 Å². The number of oxazole rings is 1. The van der Waals surface area contributed by atoms with Gasteiger partial charge in [0, 0.05) is 25.9 Å². The second-order valence-corrected chi connectivity index (χ2v) is 7.13. The highest BCUT2D eigenvalue weighted by Crippen LogP contribution is 2.22. The standard InChI is InChI=1S/C21H19N9O2/c1-12-8-23-21(28-16-6-7-26-30(16)2)29-17(12)15-10-32-20(27-15)19(31)22-9-13-4-3-5-14-18(13)25-11-24-14/h3-8,10-11H,9H2,1-2H3,(H,22,31)(H,24,25)(H,23,28,29). The molecule has 0 aliphatic heterocycles. The van der Waals surface area contributed by atoms with Crippen molar-refractivity contribution in [2.45, 2.75) is 13.5 Å². The SMILES string of the molecule is Cc1cnc(Nc2ccnn2C)nc1-c1coc(C(=O)NCc2cccc3[nH]cnc23)n1. The van der Waals surface area contributed by atoms with Gasteiger partial charge >= 0.3 is 5.91 Å². The normalized spacial score (nSPS) is 11.1. The van der Waals surface area contributed by atoms with Crippen LogP contribution in [0.3, 0.4) is 0 Å². The number of imidazole rings is 1. The van der Waals surface area contributed by atoms with Crippen LogP contribution >= 0.6 is 0 Å². The van der Waals surface area contributed by atoms with E-state index in [1.54, 1.807) is 23.4 Å².